The highest BCUT2D eigenvalue weighted by molar-refractivity contribution is 5.37. The first-order valence-corrected chi connectivity index (χ1v) is 7.54. The molecule has 0 saturated carbocycles. The molecule has 116 valence electrons. The third-order valence-corrected chi connectivity index (χ3v) is 3.78. The van der Waals surface area contributed by atoms with Crippen LogP contribution >= 0.6 is 0 Å². The molecular formula is C15H30N4O. The monoisotopic (exact) mass is 282 g/mol. The third kappa shape index (κ3) is 5.92. The minimum absolute atomic E-state index is 0.0776. The van der Waals surface area contributed by atoms with Crippen molar-refractivity contribution in [1.82, 2.24) is 14.7 Å². The van der Waals surface area contributed by atoms with Crippen molar-refractivity contribution in [3.05, 3.63) is 12.4 Å². The van der Waals surface area contributed by atoms with E-state index < -0.39 is 0 Å². The van der Waals surface area contributed by atoms with Crippen LogP contribution in [0.3, 0.4) is 0 Å². The molecular weight excluding hydrogens is 252 g/mol. The largest absolute Gasteiger partial charge is 0.382 e. The molecule has 0 bridgehead atoms. The topological polar surface area (TPSA) is 42.3 Å². The van der Waals surface area contributed by atoms with Crippen molar-refractivity contribution in [2.75, 3.05) is 38.6 Å². The van der Waals surface area contributed by atoms with E-state index >= 15 is 0 Å². The Labute approximate surface area is 123 Å². The van der Waals surface area contributed by atoms with Crippen LogP contribution < -0.4 is 5.32 Å². The van der Waals surface area contributed by atoms with Crippen molar-refractivity contribution >= 4 is 5.69 Å². The number of anilines is 1. The molecule has 0 spiro atoms. The Morgan fingerprint density at radius 2 is 2.05 bits per heavy atom. The maximum absolute atomic E-state index is 5.40. The van der Waals surface area contributed by atoms with Crippen molar-refractivity contribution in [2.45, 2.75) is 46.3 Å². The molecule has 0 aromatic carbocycles. The fourth-order valence-corrected chi connectivity index (χ4v) is 1.97. The van der Waals surface area contributed by atoms with Crippen LogP contribution in [0.5, 0.6) is 0 Å². The Morgan fingerprint density at radius 3 is 2.65 bits per heavy atom. The molecule has 0 aliphatic heterocycles. The lowest BCUT2D eigenvalue weighted by Crippen LogP contribution is -2.27. The predicted molar refractivity (Wildman–Crippen MR) is 84.2 cm³/mol. The van der Waals surface area contributed by atoms with E-state index in [0.717, 1.165) is 44.8 Å². The lowest BCUT2D eigenvalue weighted by Gasteiger charge is -2.22. The fraction of sp³-hybridized carbons (Fsp3) is 0.800. The van der Waals surface area contributed by atoms with Crippen molar-refractivity contribution in [2.24, 2.45) is 0 Å². The zero-order valence-corrected chi connectivity index (χ0v) is 13.6. The Hall–Kier alpha value is -1.07. The molecule has 0 aliphatic carbocycles. The van der Waals surface area contributed by atoms with E-state index in [1.807, 2.05) is 10.9 Å². The number of ether oxygens (including phenoxy) is 1. The first-order valence-electron chi connectivity index (χ1n) is 7.54. The molecule has 0 radical (unpaired) electrons. The molecule has 1 rings (SSSR count). The van der Waals surface area contributed by atoms with Gasteiger partial charge in [0, 0.05) is 26.4 Å². The summed E-state index contributed by atoms with van der Waals surface area (Å²) in [6.45, 7) is 13.6. The molecule has 5 heteroatoms. The highest BCUT2D eigenvalue weighted by atomic mass is 16.5. The highest BCUT2D eigenvalue weighted by Crippen LogP contribution is 2.13. The van der Waals surface area contributed by atoms with Gasteiger partial charge in [-0.15, -0.1) is 0 Å². The van der Waals surface area contributed by atoms with Crippen LogP contribution in [0.1, 0.15) is 34.1 Å². The summed E-state index contributed by atoms with van der Waals surface area (Å²) in [5.41, 5.74) is 1.00. The summed E-state index contributed by atoms with van der Waals surface area (Å²) >= 11 is 0. The van der Waals surface area contributed by atoms with Gasteiger partial charge in [-0.2, -0.15) is 5.10 Å². The number of rotatable bonds is 10. The zero-order chi connectivity index (χ0) is 15.0. The second-order valence-electron chi connectivity index (χ2n) is 5.66. The lowest BCUT2D eigenvalue weighted by atomic mass is 10.1. The molecule has 1 heterocycles. The molecule has 0 fully saturated rings. The van der Waals surface area contributed by atoms with Crippen molar-refractivity contribution in [1.29, 1.82) is 0 Å². The van der Waals surface area contributed by atoms with Crippen LogP contribution in [0.15, 0.2) is 12.4 Å². The van der Waals surface area contributed by atoms with Gasteiger partial charge in [0.05, 0.1) is 24.0 Å². The van der Waals surface area contributed by atoms with Gasteiger partial charge in [-0.3, -0.25) is 4.68 Å². The van der Waals surface area contributed by atoms with Crippen LogP contribution in [-0.2, 0) is 11.3 Å². The van der Waals surface area contributed by atoms with Gasteiger partial charge in [-0.1, -0.05) is 13.8 Å². The Balaban J connectivity index is 2.32. The maximum Gasteiger partial charge on any atom is 0.0726 e. The molecule has 0 aliphatic rings. The summed E-state index contributed by atoms with van der Waals surface area (Å²) in [7, 11) is 1.76. The van der Waals surface area contributed by atoms with Crippen LogP contribution in [0, 0.1) is 0 Å². The SMILES string of the molecule is CCN(CC)CCn1cc(NCCC(C)(C)OC)cn1. The smallest absolute Gasteiger partial charge is 0.0726 e. The molecule has 0 saturated heterocycles. The number of hydrogen-bond acceptors (Lipinski definition) is 4. The first kappa shape index (κ1) is 17.0. The minimum atomic E-state index is -0.0776. The molecule has 0 atom stereocenters. The first-order chi connectivity index (χ1) is 9.50. The number of nitrogens with zero attached hydrogens (tertiary/aromatic N) is 3. The summed E-state index contributed by atoms with van der Waals surface area (Å²) in [6.07, 6.45) is 4.93. The lowest BCUT2D eigenvalue weighted by molar-refractivity contribution is 0.0185. The quantitative estimate of drug-likeness (QED) is 0.716. The Kier molecular flexibility index (Phi) is 7.02. The van der Waals surface area contributed by atoms with E-state index in [4.69, 9.17) is 4.74 Å². The van der Waals surface area contributed by atoms with Crippen LogP contribution in [-0.4, -0.2) is 53.6 Å². The van der Waals surface area contributed by atoms with Gasteiger partial charge >= 0.3 is 0 Å². The number of methoxy groups -OCH3 is 1. The average molecular weight is 282 g/mol. The maximum atomic E-state index is 5.40. The van der Waals surface area contributed by atoms with Gasteiger partial charge < -0.3 is 15.0 Å². The van der Waals surface area contributed by atoms with E-state index in [1.54, 1.807) is 7.11 Å². The van der Waals surface area contributed by atoms with E-state index in [1.165, 1.54) is 0 Å². The highest BCUT2D eigenvalue weighted by Gasteiger charge is 2.15. The standard InChI is InChI=1S/C15H30N4O/c1-6-18(7-2)10-11-19-13-14(12-17-19)16-9-8-15(3,4)20-5/h12-13,16H,6-11H2,1-5H3. The average Bonchev–Trinajstić information content (AvgIpc) is 2.88. The Morgan fingerprint density at radius 1 is 1.35 bits per heavy atom. The molecule has 5 nitrogen and oxygen atoms in total. The molecule has 1 aromatic heterocycles. The summed E-state index contributed by atoms with van der Waals surface area (Å²) in [4.78, 5) is 2.40. The van der Waals surface area contributed by atoms with Crippen LogP contribution in [0.4, 0.5) is 5.69 Å². The molecule has 0 unspecified atom stereocenters. The fourth-order valence-electron chi connectivity index (χ4n) is 1.97. The van der Waals surface area contributed by atoms with E-state index in [2.05, 4.69) is 49.2 Å². The molecule has 20 heavy (non-hydrogen) atoms. The van der Waals surface area contributed by atoms with Gasteiger partial charge in [-0.25, -0.2) is 0 Å². The number of aromatic nitrogens is 2. The second kappa shape index (κ2) is 8.27. The van der Waals surface area contributed by atoms with Crippen LogP contribution in [0.25, 0.3) is 0 Å². The van der Waals surface area contributed by atoms with Gasteiger partial charge in [-0.05, 0) is 33.4 Å². The van der Waals surface area contributed by atoms with E-state index in [-0.39, 0.29) is 5.60 Å². The number of hydrogen-bond donors (Lipinski definition) is 1. The molecule has 1 aromatic rings. The summed E-state index contributed by atoms with van der Waals surface area (Å²) in [6, 6.07) is 0. The van der Waals surface area contributed by atoms with Gasteiger partial charge in [0.15, 0.2) is 0 Å². The van der Waals surface area contributed by atoms with Crippen molar-refractivity contribution in [3.8, 4) is 0 Å². The van der Waals surface area contributed by atoms with Crippen LogP contribution in [0.2, 0.25) is 0 Å². The third-order valence-electron chi connectivity index (χ3n) is 3.78. The molecule has 0 amide bonds. The van der Waals surface area contributed by atoms with Crippen molar-refractivity contribution in [3.63, 3.8) is 0 Å². The van der Waals surface area contributed by atoms with Gasteiger partial charge in [0.2, 0.25) is 0 Å². The Bertz CT molecular complexity index is 372. The second-order valence-corrected chi connectivity index (χ2v) is 5.66. The summed E-state index contributed by atoms with van der Waals surface area (Å²) in [5, 5.41) is 7.78. The summed E-state index contributed by atoms with van der Waals surface area (Å²) < 4.78 is 7.41. The van der Waals surface area contributed by atoms with E-state index in [9.17, 15) is 0 Å². The van der Waals surface area contributed by atoms with Gasteiger partial charge in [0.25, 0.3) is 0 Å². The van der Waals surface area contributed by atoms with Gasteiger partial charge in [0.1, 0.15) is 0 Å². The minimum Gasteiger partial charge on any atom is -0.382 e. The van der Waals surface area contributed by atoms with E-state index in [0.29, 0.717) is 0 Å². The normalized spacial score (nSPS) is 12.1. The predicted octanol–water partition coefficient (Wildman–Crippen LogP) is 2.45. The molecule has 1 N–H and O–H groups in total. The number of nitrogens with one attached hydrogen (secondary N) is 1. The van der Waals surface area contributed by atoms with Crippen molar-refractivity contribution < 1.29 is 4.74 Å². The zero-order valence-electron chi connectivity index (χ0n) is 13.6. The summed E-state index contributed by atoms with van der Waals surface area (Å²) in [5.74, 6) is 0. The number of likely N-dealkylation sites (N-methyl/N-ethyl adjacent to an activating group) is 1.